The monoisotopic (exact) mass is 446 g/mol. The number of nitrogens with one attached hydrogen (secondary N) is 2. The average Bonchev–Trinajstić information content (AvgIpc) is 3.01. The van der Waals surface area contributed by atoms with Crippen LogP contribution in [-0.4, -0.2) is 58.4 Å². The molecule has 2 amide bonds. The minimum atomic E-state index is -4.03. The van der Waals surface area contributed by atoms with E-state index in [1.807, 2.05) is 7.05 Å². The number of anilines is 1. The van der Waals surface area contributed by atoms with E-state index < -0.39 is 33.7 Å². The molecule has 0 aromatic heterocycles. The van der Waals surface area contributed by atoms with Crippen LogP contribution in [-0.2, 0) is 10.0 Å². The lowest BCUT2D eigenvalue weighted by Gasteiger charge is -2.36. The van der Waals surface area contributed by atoms with Gasteiger partial charge >= 0.3 is 0 Å². The lowest BCUT2D eigenvalue weighted by atomic mass is 10.0. The molecule has 8 nitrogen and oxygen atoms in total. The zero-order valence-electron chi connectivity index (χ0n) is 17.2. The number of nitrogens with zero attached hydrogens (tertiary/aromatic N) is 2. The fourth-order valence-electron chi connectivity index (χ4n) is 3.89. The predicted octanol–water partition coefficient (Wildman–Crippen LogP) is 1.50. The van der Waals surface area contributed by atoms with Crippen molar-refractivity contribution >= 4 is 27.5 Å². The molecule has 1 unspecified atom stereocenters. The van der Waals surface area contributed by atoms with E-state index in [2.05, 4.69) is 19.8 Å². The van der Waals surface area contributed by atoms with Gasteiger partial charge < -0.3 is 9.80 Å². The van der Waals surface area contributed by atoms with Crippen LogP contribution in [0.5, 0.6) is 0 Å². The summed E-state index contributed by atoms with van der Waals surface area (Å²) >= 11 is 0. The third-order valence-electron chi connectivity index (χ3n) is 5.65. The maximum atomic E-state index is 14.0. The smallest absolute Gasteiger partial charge is 0.258 e. The summed E-state index contributed by atoms with van der Waals surface area (Å²) in [6.07, 6.45) is 0. The Labute approximate surface area is 180 Å². The molecule has 1 atom stereocenters. The van der Waals surface area contributed by atoms with Crippen LogP contribution in [0.15, 0.2) is 41.3 Å². The molecule has 0 bridgehead atoms. The van der Waals surface area contributed by atoms with E-state index in [0.29, 0.717) is 5.56 Å². The quantitative estimate of drug-likeness (QED) is 0.676. The predicted molar refractivity (Wildman–Crippen MR) is 113 cm³/mol. The molecular formula is C21H23FN4O4S. The number of fused-ring (bicyclic) bond motifs is 1. The van der Waals surface area contributed by atoms with Crippen LogP contribution in [0.3, 0.4) is 0 Å². The van der Waals surface area contributed by atoms with Crippen LogP contribution in [0.1, 0.15) is 39.2 Å². The number of halogens is 1. The molecule has 2 aromatic carbocycles. The van der Waals surface area contributed by atoms with Crippen molar-refractivity contribution in [2.45, 2.75) is 17.9 Å². The van der Waals surface area contributed by atoms with Crippen LogP contribution in [0.25, 0.3) is 0 Å². The van der Waals surface area contributed by atoms with Crippen molar-refractivity contribution in [3.05, 3.63) is 58.9 Å². The van der Waals surface area contributed by atoms with Gasteiger partial charge in [0.15, 0.2) is 0 Å². The van der Waals surface area contributed by atoms with E-state index >= 15 is 0 Å². The molecule has 2 aromatic rings. The lowest BCUT2D eigenvalue weighted by Crippen LogP contribution is -2.45. The number of sulfonamides is 1. The summed E-state index contributed by atoms with van der Waals surface area (Å²) in [5.74, 6) is -1.64. The third-order valence-corrected chi connectivity index (χ3v) is 7.19. The van der Waals surface area contributed by atoms with Gasteiger partial charge in [-0.3, -0.25) is 14.9 Å². The normalized spacial score (nSPS) is 18.1. The number of imide groups is 1. The SMILES string of the molecule is CC(NS(=O)(=O)c1ccc2c(c1)C(=O)NC2=O)c1cc(F)ccc1N1CCN(C)CC1. The summed E-state index contributed by atoms with van der Waals surface area (Å²) < 4.78 is 42.6. The van der Waals surface area contributed by atoms with Gasteiger partial charge in [0, 0.05) is 37.9 Å². The van der Waals surface area contributed by atoms with Gasteiger partial charge in [-0.15, -0.1) is 0 Å². The molecule has 2 heterocycles. The lowest BCUT2D eigenvalue weighted by molar-refractivity contribution is 0.0879. The van der Waals surface area contributed by atoms with Crippen molar-refractivity contribution in [3.63, 3.8) is 0 Å². The van der Waals surface area contributed by atoms with E-state index in [1.165, 1.54) is 30.3 Å². The Hall–Kier alpha value is -2.82. The van der Waals surface area contributed by atoms with Gasteiger partial charge in [0.2, 0.25) is 10.0 Å². The molecule has 31 heavy (non-hydrogen) atoms. The number of benzene rings is 2. The van der Waals surface area contributed by atoms with E-state index in [9.17, 15) is 22.4 Å². The van der Waals surface area contributed by atoms with Gasteiger partial charge in [-0.05, 0) is 55.9 Å². The number of hydrogen-bond acceptors (Lipinski definition) is 6. The number of hydrogen-bond donors (Lipinski definition) is 2. The Bertz CT molecular complexity index is 1160. The number of piperazine rings is 1. The van der Waals surface area contributed by atoms with Crippen molar-refractivity contribution in [1.29, 1.82) is 0 Å². The summed E-state index contributed by atoms with van der Waals surface area (Å²) in [4.78, 5) is 27.8. The fraction of sp³-hybridized carbons (Fsp3) is 0.333. The van der Waals surface area contributed by atoms with Gasteiger partial charge in [-0.2, -0.15) is 0 Å². The highest BCUT2D eigenvalue weighted by Crippen LogP contribution is 2.30. The maximum Gasteiger partial charge on any atom is 0.258 e. The second-order valence-electron chi connectivity index (χ2n) is 7.83. The molecule has 1 fully saturated rings. The summed E-state index contributed by atoms with van der Waals surface area (Å²) in [6, 6.07) is 7.43. The maximum absolute atomic E-state index is 14.0. The first kappa shape index (κ1) is 21.4. The molecule has 1 saturated heterocycles. The summed E-state index contributed by atoms with van der Waals surface area (Å²) in [5, 5.41) is 2.14. The van der Waals surface area contributed by atoms with E-state index in [-0.39, 0.29) is 16.0 Å². The highest BCUT2D eigenvalue weighted by molar-refractivity contribution is 7.89. The molecule has 2 N–H and O–H groups in total. The molecule has 2 aliphatic rings. The number of carbonyl (C=O) groups excluding carboxylic acids is 2. The average molecular weight is 447 g/mol. The Morgan fingerprint density at radius 2 is 1.68 bits per heavy atom. The summed E-state index contributed by atoms with van der Waals surface area (Å²) in [7, 11) is -2.00. The Morgan fingerprint density at radius 1 is 1.00 bits per heavy atom. The van der Waals surface area contributed by atoms with Crippen molar-refractivity contribution in [2.75, 3.05) is 38.1 Å². The van der Waals surface area contributed by atoms with Crippen LogP contribution in [0.2, 0.25) is 0 Å². The van der Waals surface area contributed by atoms with E-state index in [0.717, 1.165) is 31.9 Å². The molecule has 0 radical (unpaired) electrons. The second-order valence-corrected chi connectivity index (χ2v) is 9.54. The number of amides is 2. The van der Waals surface area contributed by atoms with Crippen molar-refractivity contribution in [2.24, 2.45) is 0 Å². The highest BCUT2D eigenvalue weighted by atomic mass is 32.2. The zero-order valence-corrected chi connectivity index (χ0v) is 18.0. The van der Waals surface area contributed by atoms with Gasteiger partial charge in [0.25, 0.3) is 11.8 Å². The zero-order chi connectivity index (χ0) is 22.3. The topological polar surface area (TPSA) is 98.8 Å². The Balaban J connectivity index is 1.62. The van der Waals surface area contributed by atoms with Crippen LogP contribution >= 0.6 is 0 Å². The number of likely N-dealkylation sites (N-methyl/N-ethyl adjacent to an activating group) is 1. The van der Waals surface area contributed by atoms with E-state index in [1.54, 1.807) is 13.0 Å². The first-order valence-electron chi connectivity index (χ1n) is 9.91. The van der Waals surface area contributed by atoms with Gasteiger partial charge in [0.05, 0.1) is 16.0 Å². The van der Waals surface area contributed by atoms with Gasteiger partial charge in [0.1, 0.15) is 5.82 Å². The third kappa shape index (κ3) is 4.18. The molecule has 0 spiro atoms. The standard InChI is InChI=1S/C21H23FN4O4S/c1-13(17-11-14(22)3-6-19(17)26-9-7-25(2)8-10-26)24-31(29,30)15-4-5-16-18(12-15)21(28)23-20(16)27/h3-6,11-13,24H,7-10H2,1-2H3,(H,23,27,28). The van der Waals surface area contributed by atoms with Crippen molar-refractivity contribution < 1.29 is 22.4 Å². The largest absolute Gasteiger partial charge is 0.369 e. The van der Waals surface area contributed by atoms with Crippen LogP contribution < -0.4 is 14.9 Å². The summed E-state index contributed by atoms with van der Waals surface area (Å²) in [6.45, 7) is 4.86. The van der Waals surface area contributed by atoms with Crippen molar-refractivity contribution in [3.8, 4) is 0 Å². The highest BCUT2D eigenvalue weighted by Gasteiger charge is 2.30. The Kier molecular flexibility index (Phi) is 5.54. The van der Waals surface area contributed by atoms with Crippen LogP contribution in [0, 0.1) is 5.82 Å². The molecule has 2 aliphatic heterocycles. The molecular weight excluding hydrogens is 423 g/mol. The number of carbonyl (C=O) groups is 2. The molecule has 4 rings (SSSR count). The molecule has 0 saturated carbocycles. The molecule has 0 aliphatic carbocycles. The number of rotatable bonds is 5. The van der Waals surface area contributed by atoms with Gasteiger partial charge in [-0.1, -0.05) is 0 Å². The minimum Gasteiger partial charge on any atom is -0.369 e. The first-order valence-corrected chi connectivity index (χ1v) is 11.4. The summed E-state index contributed by atoms with van der Waals surface area (Å²) in [5.41, 5.74) is 1.47. The Morgan fingerprint density at radius 3 is 2.39 bits per heavy atom. The van der Waals surface area contributed by atoms with Crippen molar-refractivity contribution in [1.82, 2.24) is 14.9 Å². The second kappa shape index (κ2) is 8.03. The van der Waals surface area contributed by atoms with E-state index in [4.69, 9.17) is 0 Å². The minimum absolute atomic E-state index is 0.0180. The van der Waals surface area contributed by atoms with Gasteiger partial charge in [-0.25, -0.2) is 17.5 Å². The van der Waals surface area contributed by atoms with Crippen LogP contribution in [0.4, 0.5) is 10.1 Å². The fourth-order valence-corrected chi connectivity index (χ4v) is 5.13. The first-order chi connectivity index (χ1) is 14.7. The molecule has 10 heteroatoms. The molecule has 164 valence electrons.